The molecule has 1 saturated heterocycles. The molecule has 11 heavy (non-hydrogen) atoms. The fourth-order valence-electron chi connectivity index (χ4n) is 1.79. The molecule has 0 bridgehead atoms. The Morgan fingerprint density at radius 2 is 2.27 bits per heavy atom. The minimum Gasteiger partial charge on any atom is -0.328 e. The highest BCUT2D eigenvalue weighted by Crippen LogP contribution is 2.13. The summed E-state index contributed by atoms with van der Waals surface area (Å²) in [6.07, 6.45) is 3.58. The minimum absolute atomic E-state index is 0.444. The first-order chi connectivity index (χ1) is 5.18. The van der Waals surface area contributed by atoms with Crippen molar-refractivity contribution in [2.24, 2.45) is 11.7 Å². The van der Waals surface area contributed by atoms with E-state index in [1.807, 2.05) is 0 Å². The number of rotatable bonds is 2. The molecule has 0 aromatic heterocycles. The van der Waals surface area contributed by atoms with Gasteiger partial charge in [-0.25, -0.2) is 0 Å². The maximum absolute atomic E-state index is 5.86. The number of piperidine rings is 1. The predicted octanol–water partition coefficient (Wildman–Crippen LogP) is 1.11. The Bertz CT molecular complexity index is 110. The summed E-state index contributed by atoms with van der Waals surface area (Å²) in [5.74, 6) is 0.790. The molecule has 1 fully saturated rings. The Labute approximate surface area is 69.5 Å². The fraction of sp³-hybridized carbons (Fsp3) is 1.00. The van der Waals surface area contributed by atoms with Gasteiger partial charge in [0, 0.05) is 12.1 Å². The second kappa shape index (κ2) is 4.07. The van der Waals surface area contributed by atoms with Gasteiger partial charge in [-0.2, -0.15) is 0 Å². The first-order valence-corrected chi connectivity index (χ1v) is 4.67. The maximum Gasteiger partial charge on any atom is 0.00842 e. The third-order valence-corrected chi connectivity index (χ3v) is 2.29. The van der Waals surface area contributed by atoms with Crippen molar-refractivity contribution in [3.8, 4) is 0 Å². The summed E-state index contributed by atoms with van der Waals surface area (Å²) in [7, 11) is 0. The third kappa shape index (κ3) is 3.21. The Kier molecular flexibility index (Phi) is 3.34. The molecule has 1 aliphatic rings. The van der Waals surface area contributed by atoms with E-state index < -0.39 is 0 Å². The molecule has 0 radical (unpaired) electrons. The second-order valence-corrected chi connectivity index (χ2v) is 4.07. The molecular weight excluding hydrogens is 136 g/mol. The lowest BCUT2D eigenvalue weighted by atomic mass is 9.93. The molecule has 1 aliphatic heterocycles. The lowest BCUT2D eigenvalue weighted by Gasteiger charge is -2.29. The van der Waals surface area contributed by atoms with Gasteiger partial charge >= 0.3 is 0 Å². The highest BCUT2D eigenvalue weighted by atomic mass is 14.9. The van der Waals surface area contributed by atoms with Crippen LogP contribution in [0.3, 0.4) is 0 Å². The van der Waals surface area contributed by atoms with E-state index in [1.54, 1.807) is 0 Å². The number of nitrogens with one attached hydrogen (secondary N) is 1. The van der Waals surface area contributed by atoms with Crippen LogP contribution in [0.4, 0.5) is 0 Å². The second-order valence-electron chi connectivity index (χ2n) is 4.07. The molecule has 0 aromatic carbocycles. The van der Waals surface area contributed by atoms with Crippen LogP contribution in [0.2, 0.25) is 0 Å². The van der Waals surface area contributed by atoms with Gasteiger partial charge in [-0.3, -0.25) is 0 Å². The van der Waals surface area contributed by atoms with Gasteiger partial charge in [-0.05, 0) is 31.7 Å². The predicted molar refractivity (Wildman–Crippen MR) is 48.5 cm³/mol. The largest absolute Gasteiger partial charge is 0.328 e. The lowest BCUT2D eigenvalue weighted by Crippen LogP contribution is -2.44. The average Bonchev–Trinajstić information content (AvgIpc) is 1.85. The zero-order valence-corrected chi connectivity index (χ0v) is 7.64. The molecule has 0 spiro atoms. The summed E-state index contributed by atoms with van der Waals surface area (Å²) in [6.45, 7) is 5.64. The number of hydrogen-bond acceptors (Lipinski definition) is 2. The Morgan fingerprint density at radius 3 is 2.82 bits per heavy atom. The smallest absolute Gasteiger partial charge is 0.00842 e. The van der Waals surface area contributed by atoms with Crippen molar-refractivity contribution in [2.45, 2.75) is 45.2 Å². The molecule has 0 aromatic rings. The summed E-state index contributed by atoms with van der Waals surface area (Å²) in [5, 5.41) is 3.50. The standard InChI is InChI=1S/C9H20N2/c1-7(2)5-9-6-8(10)3-4-11-9/h7-9,11H,3-6,10H2,1-2H3/t8-,9-/m1/s1. The summed E-state index contributed by atoms with van der Waals surface area (Å²) < 4.78 is 0. The van der Waals surface area contributed by atoms with Gasteiger partial charge in [-0.1, -0.05) is 13.8 Å². The van der Waals surface area contributed by atoms with Crippen LogP contribution in [0, 0.1) is 5.92 Å². The van der Waals surface area contributed by atoms with Gasteiger partial charge in [0.1, 0.15) is 0 Å². The monoisotopic (exact) mass is 156 g/mol. The molecule has 2 heteroatoms. The van der Waals surface area contributed by atoms with Gasteiger partial charge in [-0.15, -0.1) is 0 Å². The van der Waals surface area contributed by atoms with E-state index in [1.165, 1.54) is 6.42 Å². The van der Waals surface area contributed by atoms with Gasteiger partial charge in [0.05, 0.1) is 0 Å². The first-order valence-electron chi connectivity index (χ1n) is 4.67. The van der Waals surface area contributed by atoms with E-state index in [9.17, 15) is 0 Å². The van der Waals surface area contributed by atoms with Crippen molar-refractivity contribution in [3.63, 3.8) is 0 Å². The zero-order chi connectivity index (χ0) is 8.27. The van der Waals surface area contributed by atoms with Crippen LogP contribution in [-0.4, -0.2) is 18.6 Å². The van der Waals surface area contributed by atoms with Crippen molar-refractivity contribution < 1.29 is 0 Å². The molecule has 0 aliphatic carbocycles. The van der Waals surface area contributed by atoms with E-state index in [0.29, 0.717) is 12.1 Å². The molecule has 2 nitrogen and oxygen atoms in total. The molecule has 0 saturated carbocycles. The zero-order valence-electron chi connectivity index (χ0n) is 7.64. The summed E-state index contributed by atoms with van der Waals surface area (Å²) in [5.41, 5.74) is 5.86. The van der Waals surface area contributed by atoms with Crippen molar-refractivity contribution in [1.29, 1.82) is 0 Å². The summed E-state index contributed by atoms with van der Waals surface area (Å²) in [6, 6.07) is 1.12. The normalized spacial score (nSPS) is 32.7. The van der Waals surface area contributed by atoms with Crippen LogP contribution in [0.15, 0.2) is 0 Å². The summed E-state index contributed by atoms with van der Waals surface area (Å²) >= 11 is 0. The lowest BCUT2D eigenvalue weighted by molar-refractivity contribution is 0.320. The number of nitrogens with two attached hydrogens (primary N) is 1. The third-order valence-electron chi connectivity index (χ3n) is 2.29. The van der Waals surface area contributed by atoms with E-state index in [2.05, 4.69) is 19.2 Å². The number of hydrogen-bond donors (Lipinski definition) is 2. The van der Waals surface area contributed by atoms with Gasteiger partial charge < -0.3 is 11.1 Å². The van der Waals surface area contributed by atoms with Crippen LogP contribution >= 0.6 is 0 Å². The van der Waals surface area contributed by atoms with Crippen molar-refractivity contribution in [2.75, 3.05) is 6.54 Å². The van der Waals surface area contributed by atoms with Crippen molar-refractivity contribution in [1.82, 2.24) is 5.32 Å². The Hall–Kier alpha value is -0.0800. The molecule has 1 rings (SSSR count). The maximum atomic E-state index is 5.86. The molecule has 1 heterocycles. The summed E-state index contributed by atoms with van der Waals surface area (Å²) in [4.78, 5) is 0. The van der Waals surface area contributed by atoms with Crippen LogP contribution < -0.4 is 11.1 Å². The van der Waals surface area contributed by atoms with E-state index >= 15 is 0 Å². The minimum atomic E-state index is 0.444. The molecule has 3 N–H and O–H groups in total. The van der Waals surface area contributed by atoms with Crippen LogP contribution in [-0.2, 0) is 0 Å². The van der Waals surface area contributed by atoms with Gasteiger partial charge in [0.15, 0.2) is 0 Å². The van der Waals surface area contributed by atoms with Crippen LogP contribution in [0.5, 0.6) is 0 Å². The van der Waals surface area contributed by atoms with Crippen LogP contribution in [0.25, 0.3) is 0 Å². The Balaban J connectivity index is 2.23. The Morgan fingerprint density at radius 1 is 1.55 bits per heavy atom. The van der Waals surface area contributed by atoms with Gasteiger partial charge in [0.25, 0.3) is 0 Å². The van der Waals surface area contributed by atoms with E-state index in [-0.39, 0.29) is 0 Å². The van der Waals surface area contributed by atoms with Gasteiger partial charge in [0.2, 0.25) is 0 Å². The fourth-order valence-corrected chi connectivity index (χ4v) is 1.79. The van der Waals surface area contributed by atoms with Crippen molar-refractivity contribution in [3.05, 3.63) is 0 Å². The highest BCUT2D eigenvalue weighted by Gasteiger charge is 2.18. The average molecular weight is 156 g/mol. The molecule has 66 valence electrons. The molecule has 2 atom stereocenters. The quantitative estimate of drug-likeness (QED) is 0.628. The molecular formula is C9H20N2. The molecule has 0 unspecified atom stereocenters. The molecule has 0 amide bonds. The van der Waals surface area contributed by atoms with Crippen molar-refractivity contribution >= 4 is 0 Å². The first kappa shape index (κ1) is 9.01. The highest BCUT2D eigenvalue weighted by molar-refractivity contribution is 4.80. The van der Waals surface area contributed by atoms with E-state index in [0.717, 1.165) is 25.3 Å². The SMILES string of the molecule is CC(C)C[C@@H]1C[C@H](N)CCN1. The van der Waals surface area contributed by atoms with Crippen LogP contribution in [0.1, 0.15) is 33.1 Å². The topological polar surface area (TPSA) is 38.0 Å². The van der Waals surface area contributed by atoms with E-state index in [4.69, 9.17) is 5.73 Å².